The van der Waals surface area contributed by atoms with Crippen molar-refractivity contribution in [1.82, 2.24) is 14.9 Å². The minimum absolute atomic E-state index is 0.326. The van der Waals surface area contributed by atoms with Crippen LogP contribution in [0.5, 0.6) is 0 Å². The van der Waals surface area contributed by atoms with E-state index in [9.17, 15) is 13.2 Å². The molecule has 0 unspecified atom stereocenters. The fourth-order valence-electron chi connectivity index (χ4n) is 2.00. The first-order chi connectivity index (χ1) is 11.3. The van der Waals surface area contributed by atoms with E-state index in [1.807, 2.05) is 14.1 Å². The Morgan fingerprint density at radius 1 is 1.08 bits per heavy atom. The quantitative estimate of drug-likeness (QED) is 0.755. The van der Waals surface area contributed by atoms with Crippen LogP contribution >= 0.6 is 0 Å². The van der Waals surface area contributed by atoms with Crippen molar-refractivity contribution in [3.8, 4) is 0 Å². The Kier molecular flexibility index (Phi) is 5.97. The number of rotatable bonds is 7. The monoisotopic (exact) mass is 339 g/mol. The lowest BCUT2D eigenvalue weighted by Gasteiger charge is -2.11. The molecule has 0 aliphatic carbocycles. The predicted molar refractivity (Wildman–Crippen MR) is 88.4 cm³/mol. The van der Waals surface area contributed by atoms with E-state index in [1.54, 1.807) is 12.3 Å². The molecule has 8 heteroatoms. The maximum atomic E-state index is 12.5. The van der Waals surface area contributed by atoms with Gasteiger partial charge in [0.15, 0.2) is 0 Å². The lowest BCUT2D eigenvalue weighted by atomic mass is 10.2. The molecule has 0 aliphatic rings. The summed E-state index contributed by atoms with van der Waals surface area (Å²) in [4.78, 5) is 10.5. The fraction of sp³-hybridized carbons (Fsp3) is 0.375. The number of benzene rings is 1. The molecule has 2 aromatic rings. The summed E-state index contributed by atoms with van der Waals surface area (Å²) >= 11 is 0. The number of halogens is 3. The molecular weight excluding hydrogens is 319 g/mol. The van der Waals surface area contributed by atoms with E-state index in [4.69, 9.17) is 0 Å². The standard InChI is InChI=1S/C16H20F3N5/c1-24(2)11-3-9-20-14-8-10-21-15(23-14)22-13-6-4-12(5-7-13)16(17,18)19/h4-8,10H,3,9,11H2,1-2H3,(H2,20,21,22,23). The number of aromatic nitrogens is 2. The van der Waals surface area contributed by atoms with Gasteiger partial charge in [-0.2, -0.15) is 18.2 Å². The molecule has 2 N–H and O–H groups in total. The van der Waals surface area contributed by atoms with Crippen molar-refractivity contribution in [2.45, 2.75) is 12.6 Å². The average molecular weight is 339 g/mol. The van der Waals surface area contributed by atoms with Crippen molar-refractivity contribution in [3.63, 3.8) is 0 Å². The number of anilines is 3. The van der Waals surface area contributed by atoms with Gasteiger partial charge in [0.1, 0.15) is 5.82 Å². The number of hydrogen-bond donors (Lipinski definition) is 2. The largest absolute Gasteiger partial charge is 0.416 e. The van der Waals surface area contributed by atoms with E-state index in [0.29, 0.717) is 17.5 Å². The van der Waals surface area contributed by atoms with Crippen molar-refractivity contribution >= 4 is 17.5 Å². The summed E-state index contributed by atoms with van der Waals surface area (Å²) in [5, 5.41) is 6.08. The van der Waals surface area contributed by atoms with Gasteiger partial charge in [0.25, 0.3) is 0 Å². The number of nitrogens with zero attached hydrogens (tertiary/aromatic N) is 3. The van der Waals surface area contributed by atoms with Crippen LogP contribution < -0.4 is 10.6 Å². The third-order valence-electron chi connectivity index (χ3n) is 3.21. The van der Waals surface area contributed by atoms with E-state index in [-0.39, 0.29) is 0 Å². The molecule has 0 saturated carbocycles. The summed E-state index contributed by atoms with van der Waals surface area (Å²) in [5.41, 5.74) is -0.196. The lowest BCUT2D eigenvalue weighted by Crippen LogP contribution is -2.16. The number of alkyl halides is 3. The zero-order valence-corrected chi connectivity index (χ0v) is 13.6. The van der Waals surface area contributed by atoms with Gasteiger partial charge in [-0.05, 0) is 57.4 Å². The number of hydrogen-bond acceptors (Lipinski definition) is 5. The molecule has 1 heterocycles. The lowest BCUT2D eigenvalue weighted by molar-refractivity contribution is -0.137. The van der Waals surface area contributed by atoms with Crippen LogP contribution in [0.2, 0.25) is 0 Å². The average Bonchev–Trinajstić information content (AvgIpc) is 2.51. The third-order valence-corrected chi connectivity index (χ3v) is 3.21. The van der Waals surface area contributed by atoms with Crippen molar-refractivity contribution < 1.29 is 13.2 Å². The molecule has 0 radical (unpaired) electrons. The molecule has 0 fully saturated rings. The summed E-state index contributed by atoms with van der Waals surface area (Å²) in [5.74, 6) is 0.991. The highest BCUT2D eigenvalue weighted by atomic mass is 19.4. The van der Waals surface area contributed by atoms with Gasteiger partial charge in [0.2, 0.25) is 5.95 Å². The van der Waals surface area contributed by atoms with Gasteiger partial charge >= 0.3 is 6.18 Å². The van der Waals surface area contributed by atoms with Crippen LogP contribution in [0.25, 0.3) is 0 Å². The molecule has 24 heavy (non-hydrogen) atoms. The summed E-state index contributed by atoms with van der Waals surface area (Å²) in [7, 11) is 4.02. The van der Waals surface area contributed by atoms with Gasteiger partial charge in [0.05, 0.1) is 5.56 Å². The first-order valence-corrected chi connectivity index (χ1v) is 7.50. The third kappa shape index (κ3) is 5.69. The Hall–Kier alpha value is -2.35. The molecule has 0 spiro atoms. The first kappa shape index (κ1) is 18.0. The zero-order valence-electron chi connectivity index (χ0n) is 13.6. The molecule has 130 valence electrons. The highest BCUT2D eigenvalue weighted by Gasteiger charge is 2.29. The minimum Gasteiger partial charge on any atom is -0.370 e. The van der Waals surface area contributed by atoms with E-state index in [0.717, 1.165) is 31.6 Å². The van der Waals surface area contributed by atoms with Crippen LogP contribution in [0, 0.1) is 0 Å². The Morgan fingerprint density at radius 2 is 1.79 bits per heavy atom. The molecule has 5 nitrogen and oxygen atoms in total. The maximum Gasteiger partial charge on any atom is 0.416 e. The topological polar surface area (TPSA) is 53.1 Å². The van der Waals surface area contributed by atoms with E-state index < -0.39 is 11.7 Å². The highest BCUT2D eigenvalue weighted by Crippen LogP contribution is 2.30. The molecule has 0 saturated heterocycles. The minimum atomic E-state index is -4.34. The predicted octanol–water partition coefficient (Wildman–Crippen LogP) is 3.60. The Labute approximate surface area is 138 Å². The van der Waals surface area contributed by atoms with Gasteiger partial charge in [-0.3, -0.25) is 0 Å². The van der Waals surface area contributed by atoms with Crippen molar-refractivity contribution in [2.75, 3.05) is 37.8 Å². The van der Waals surface area contributed by atoms with Gasteiger partial charge in [0, 0.05) is 18.4 Å². The zero-order chi connectivity index (χ0) is 17.6. The number of nitrogens with one attached hydrogen (secondary N) is 2. The highest BCUT2D eigenvalue weighted by molar-refractivity contribution is 5.55. The molecule has 0 bridgehead atoms. The van der Waals surface area contributed by atoms with Gasteiger partial charge < -0.3 is 15.5 Å². The molecule has 0 atom stereocenters. The summed E-state index contributed by atoms with van der Waals surface area (Å²) < 4.78 is 37.6. The van der Waals surface area contributed by atoms with Crippen LogP contribution in [0.3, 0.4) is 0 Å². The SMILES string of the molecule is CN(C)CCCNc1ccnc(Nc2ccc(C(F)(F)F)cc2)n1. The molecule has 0 aliphatic heterocycles. The van der Waals surface area contributed by atoms with Crippen LogP contribution in [0.4, 0.5) is 30.6 Å². The maximum absolute atomic E-state index is 12.5. The summed E-state index contributed by atoms with van der Waals surface area (Å²) in [6.07, 6.45) is -1.78. The molecule has 2 rings (SSSR count). The van der Waals surface area contributed by atoms with E-state index >= 15 is 0 Å². The second-order valence-electron chi connectivity index (χ2n) is 5.55. The molecular formula is C16H20F3N5. The molecule has 0 amide bonds. The Balaban J connectivity index is 1.94. The smallest absolute Gasteiger partial charge is 0.370 e. The van der Waals surface area contributed by atoms with Crippen molar-refractivity contribution in [2.24, 2.45) is 0 Å². The van der Waals surface area contributed by atoms with Crippen LogP contribution in [0.1, 0.15) is 12.0 Å². The van der Waals surface area contributed by atoms with Gasteiger partial charge in [-0.1, -0.05) is 0 Å². The van der Waals surface area contributed by atoms with Crippen LogP contribution in [-0.2, 0) is 6.18 Å². The molecule has 1 aromatic carbocycles. The van der Waals surface area contributed by atoms with E-state index in [2.05, 4.69) is 25.5 Å². The van der Waals surface area contributed by atoms with Gasteiger partial charge in [-0.15, -0.1) is 0 Å². The van der Waals surface area contributed by atoms with E-state index in [1.165, 1.54) is 12.1 Å². The van der Waals surface area contributed by atoms with Gasteiger partial charge in [-0.25, -0.2) is 4.98 Å². The fourth-order valence-corrected chi connectivity index (χ4v) is 2.00. The Morgan fingerprint density at radius 3 is 2.42 bits per heavy atom. The van der Waals surface area contributed by atoms with Crippen molar-refractivity contribution in [1.29, 1.82) is 0 Å². The first-order valence-electron chi connectivity index (χ1n) is 7.50. The second-order valence-corrected chi connectivity index (χ2v) is 5.55. The summed E-state index contributed by atoms with van der Waals surface area (Å²) in [6, 6.07) is 6.48. The normalized spacial score (nSPS) is 11.6. The van der Waals surface area contributed by atoms with Crippen LogP contribution in [0.15, 0.2) is 36.5 Å². The Bertz CT molecular complexity index is 641. The summed E-state index contributed by atoms with van der Waals surface area (Å²) in [6.45, 7) is 1.74. The second kappa shape index (κ2) is 7.96. The van der Waals surface area contributed by atoms with Crippen LogP contribution in [-0.4, -0.2) is 42.1 Å². The van der Waals surface area contributed by atoms with Crippen molar-refractivity contribution in [3.05, 3.63) is 42.1 Å². The molecule has 1 aromatic heterocycles.